The lowest BCUT2D eigenvalue weighted by Crippen LogP contribution is -2.08. The van der Waals surface area contributed by atoms with Crippen molar-refractivity contribution >= 4 is 47.3 Å². The first-order valence-electron chi connectivity index (χ1n) is 7.41. The molecule has 3 aromatic rings. The van der Waals surface area contributed by atoms with Crippen LogP contribution >= 0.6 is 35.4 Å². The monoisotopic (exact) mass is 391 g/mol. The highest BCUT2D eigenvalue weighted by Crippen LogP contribution is 2.25. The van der Waals surface area contributed by atoms with Crippen LogP contribution in [-0.4, -0.2) is 35.2 Å². The molecule has 0 aliphatic carbocycles. The van der Waals surface area contributed by atoms with Crippen molar-refractivity contribution in [1.82, 2.24) is 14.9 Å². The summed E-state index contributed by atoms with van der Waals surface area (Å²) in [5, 5.41) is 12.4. The van der Waals surface area contributed by atoms with E-state index in [-0.39, 0.29) is 0 Å². The Kier molecular flexibility index (Phi) is 5.22. The van der Waals surface area contributed by atoms with Gasteiger partial charge in [-0.05, 0) is 42.5 Å². The van der Waals surface area contributed by atoms with E-state index in [1.54, 1.807) is 17.0 Å². The largest absolute Gasteiger partial charge is 0.378 e. The Morgan fingerprint density at radius 2 is 1.88 bits per heavy atom. The molecule has 5 nitrogen and oxygen atoms in total. The lowest BCUT2D eigenvalue weighted by molar-refractivity contribution is 0.871. The smallest absolute Gasteiger partial charge is 0.216 e. The molecule has 0 saturated carbocycles. The van der Waals surface area contributed by atoms with Crippen LogP contribution in [0.15, 0.2) is 47.6 Å². The second-order valence-corrected chi connectivity index (χ2v) is 6.66. The third-order valence-corrected chi connectivity index (χ3v) is 4.68. The van der Waals surface area contributed by atoms with Crippen LogP contribution in [0.25, 0.3) is 11.4 Å². The van der Waals surface area contributed by atoms with Crippen molar-refractivity contribution in [3.63, 3.8) is 0 Å². The summed E-state index contributed by atoms with van der Waals surface area (Å²) < 4.78 is 1.94. The average molecular weight is 392 g/mol. The fourth-order valence-electron chi connectivity index (χ4n) is 2.23. The maximum absolute atomic E-state index is 6.19. The van der Waals surface area contributed by atoms with E-state index in [0.717, 1.165) is 11.3 Å². The minimum absolute atomic E-state index is 0.390. The number of halogens is 2. The number of rotatable bonds is 4. The van der Waals surface area contributed by atoms with E-state index in [1.807, 2.05) is 55.4 Å². The Balaban J connectivity index is 1.98. The minimum atomic E-state index is 0.390. The van der Waals surface area contributed by atoms with Crippen LogP contribution in [0.4, 0.5) is 5.69 Å². The highest BCUT2D eigenvalue weighted by atomic mass is 35.5. The highest BCUT2D eigenvalue weighted by Gasteiger charge is 2.09. The molecule has 0 radical (unpaired) electrons. The van der Waals surface area contributed by atoms with Gasteiger partial charge >= 0.3 is 0 Å². The molecule has 3 rings (SSSR count). The van der Waals surface area contributed by atoms with E-state index in [4.69, 9.17) is 35.4 Å². The van der Waals surface area contributed by atoms with Crippen LogP contribution in [0, 0.1) is 4.77 Å². The topological polar surface area (TPSA) is 49.2 Å². The summed E-state index contributed by atoms with van der Waals surface area (Å²) in [5.41, 5.74) is 2.69. The molecule has 0 spiro atoms. The van der Waals surface area contributed by atoms with Crippen LogP contribution in [0.2, 0.25) is 10.0 Å². The Bertz CT molecular complexity index is 973. The number of anilines is 1. The summed E-state index contributed by atoms with van der Waals surface area (Å²) in [5.74, 6) is 0.615. The van der Waals surface area contributed by atoms with Gasteiger partial charge in [-0.1, -0.05) is 35.3 Å². The molecule has 0 saturated heterocycles. The van der Waals surface area contributed by atoms with Crippen LogP contribution in [-0.2, 0) is 0 Å². The maximum atomic E-state index is 6.19. The molecule has 0 atom stereocenters. The van der Waals surface area contributed by atoms with Gasteiger partial charge in [-0.2, -0.15) is 14.9 Å². The highest BCUT2D eigenvalue weighted by molar-refractivity contribution is 7.71. The van der Waals surface area contributed by atoms with Crippen molar-refractivity contribution in [3.05, 3.63) is 62.8 Å². The Morgan fingerprint density at radius 3 is 2.56 bits per heavy atom. The van der Waals surface area contributed by atoms with Crippen LogP contribution in [0.3, 0.4) is 0 Å². The molecule has 0 fully saturated rings. The first kappa shape index (κ1) is 17.7. The molecule has 1 N–H and O–H groups in total. The normalized spacial score (nSPS) is 11.2. The minimum Gasteiger partial charge on any atom is -0.378 e. The zero-order valence-corrected chi connectivity index (χ0v) is 15.9. The van der Waals surface area contributed by atoms with Gasteiger partial charge in [-0.15, -0.1) is 0 Å². The van der Waals surface area contributed by atoms with Gasteiger partial charge in [0.25, 0.3) is 0 Å². The van der Waals surface area contributed by atoms with E-state index in [1.165, 1.54) is 0 Å². The standard InChI is InChI=1S/C17H15Cl2N5S/c1-23(2)13-8-6-11(7-9-13)16-21-22-17(25)24(16)20-10-12-4-3-5-14(18)15(12)19/h3-10H,1-2H3,(H,22,25). The molecular weight excluding hydrogens is 377 g/mol. The zero-order valence-electron chi connectivity index (χ0n) is 13.6. The van der Waals surface area contributed by atoms with Gasteiger partial charge in [0.05, 0.1) is 16.3 Å². The second kappa shape index (κ2) is 7.39. The lowest BCUT2D eigenvalue weighted by atomic mass is 10.2. The quantitative estimate of drug-likeness (QED) is 0.510. The van der Waals surface area contributed by atoms with Crippen molar-refractivity contribution in [2.45, 2.75) is 0 Å². The Morgan fingerprint density at radius 1 is 1.16 bits per heavy atom. The second-order valence-electron chi connectivity index (χ2n) is 5.49. The van der Waals surface area contributed by atoms with E-state index < -0.39 is 0 Å². The number of H-pyrrole nitrogens is 1. The molecule has 2 aromatic carbocycles. The molecule has 0 unspecified atom stereocenters. The van der Waals surface area contributed by atoms with Crippen LogP contribution in [0.5, 0.6) is 0 Å². The summed E-state index contributed by atoms with van der Waals surface area (Å²) >= 11 is 17.5. The zero-order chi connectivity index (χ0) is 18.0. The van der Waals surface area contributed by atoms with Crippen molar-refractivity contribution < 1.29 is 0 Å². The van der Waals surface area contributed by atoms with Gasteiger partial charge in [0.2, 0.25) is 4.77 Å². The first-order valence-corrected chi connectivity index (χ1v) is 8.57. The molecule has 0 aliphatic heterocycles. The number of aromatic nitrogens is 3. The molecule has 128 valence electrons. The van der Waals surface area contributed by atoms with E-state index in [0.29, 0.717) is 26.2 Å². The molecule has 0 bridgehead atoms. The summed E-state index contributed by atoms with van der Waals surface area (Å²) in [7, 11) is 3.98. The predicted octanol–water partition coefficient (Wildman–Crippen LogP) is 4.86. The maximum Gasteiger partial charge on any atom is 0.216 e. The number of hydrogen-bond acceptors (Lipinski definition) is 4. The third-order valence-electron chi connectivity index (χ3n) is 3.59. The molecule has 8 heteroatoms. The van der Waals surface area contributed by atoms with E-state index in [2.05, 4.69) is 15.3 Å². The van der Waals surface area contributed by atoms with Crippen molar-refractivity contribution in [3.8, 4) is 11.4 Å². The number of nitrogens with one attached hydrogen (secondary N) is 1. The molecule has 0 aliphatic rings. The fraction of sp³-hybridized carbons (Fsp3) is 0.118. The van der Waals surface area contributed by atoms with Crippen molar-refractivity contribution in [2.24, 2.45) is 5.10 Å². The lowest BCUT2D eigenvalue weighted by Gasteiger charge is -2.12. The van der Waals surface area contributed by atoms with Gasteiger partial charge < -0.3 is 4.90 Å². The van der Waals surface area contributed by atoms with Gasteiger partial charge in [0.1, 0.15) is 0 Å². The Labute approximate surface area is 160 Å². The fourth-order valence-corrected chi connectivity index (χ4v) is 2.77. The van der Waals surface area contributed by atoms with Gasteiger partial charge in [-0.3, -0.25) is 0 Å². The molecule has 25 heavy (non-hydrogen) atoms. The van der Waals surface area contributed by atoms with E-state index in [9.17, 15) is 0 Å². The number of nitrogens with zero attached hydrogens (tertiary/aromatic N) is 4. The molecule has 1 heterocycles. The predicted molar refractivity (Wildman–Crippen MR) is 107 cm³/mol. The van der Waals surface area contributed by atoms with Gasteiger partial charge in [-0.25, -0.2) is 5.10 Å². The number of hydrogen-bond donors (Lipinski definition) is 1. The van der Waals surface area contributed by atoms with Crippen molar-refractivity contribution in [1.29, 1.82) is 0 Å². The Hall–Kier alpha value is -2.15. The molecule has 0 amide bonds. The molecule has 1 aromatic heterocycles. The van der Waals surface area contributed by atoms with Gasteiger partial charge in [0, 0.05) is 30.9 Å². The summed E-state index contributed by atoms with van der Waals surface area (Å²) in [6.07, 6.45) is 1.61. The summed E-state index contributed by atoms with van der Waals surface area (Å²) in [4.78, 5) is 2.03. The van der Waals surface area contributed by atoms with Gasteiger partial charge in [0.15, 0.2) is 5.82 Å². The number of aromatic amines is 1. The summed E-state index contributed by atoms with van der Waals surface area (Å²) in [6, 6.07) is 13.3. The average Bonchev–Trinajstić information content (AvgIpc) is 2.97. The SMILES string of the molecule is CN(C)c1ccc(-c2n[nH]c(=S)n2N=Cc2cccc(Cl)c2Cl)cc1. The van der Waals surface area contributed by atoms with Crippen molar-refractivity contribution in [2.75, 3.05) is 19.0 Å². The number of benzene rings is 2. The first-order chi connectivity index (χ1) is 12.0. The molecular formula is C17H15Cl2N5S. The summed E-state index contributed by atoms with van der Waals surface area (Å²) in [6.45, 7) is 0. The van der Waals surface area contributed by atoms with Crippen LogP contribution < -0.4 is 4.90 Å². The third kappa shape index (κ3) is 3.76. The van der Waals surface area contributed by atoms with Crippen LogP contribution in [0.1, 0.15) is 5.56 Å². The van der Waals surface area contributed by atoms with E-state index >= 15 is 0 Å².